The van der Waals surface area contributed by atoms with Crippen LogP contribution in [-0.4, -0.2) is 13.2 Å². The van der Waals surface area contributed by atoms with Gasteiger partial charge in [-0.15, -0.1) is 0 Å². The van der Waals surface area contributed by atoms with Crippen LogP contribution in [0.1, 0.15) is 39.5 Å². The quantitative estimate of drug-likeness (QED) is 0.393. The van der Waals surface area contributed by atoms with Crippen molar-refractivity contribution < 1.29 is 9.47 Å². The average molecular weight is 348 g/mol. The van der Waals surface area contributed by atoms with Crippen LogP contribution in [0.2, 0.25) is 0 Å². The van der Waals surface area contributed by atoms with Gasteiger partial charge in [-0.3, -0.25) is 0 Å². The number of benzene rings is 3. The van der Waals surface area contributed by atoms with Crippen molar-refractivity contribution in [2.24, 2.45) is 0 Å². The van der Waals surface area contributed by atoms with Gasteiger partial charge in [-0.2, -0.15) is 0 Å². The summed E-state index contributed by atoms with van der Waals surface area (Å²) in [4.78, 5) is 0. The highest BCUT2D eigenvalue weighted by atomic mass is 16.5. The lowest BCUT2D eigenvalue weighted by molar-refractivity contribution is 0.294. The van der Waals surface area contributed by atoms with Crippen molar-refractivity contribution in [3.63, 3.8) is 0 Å². The molecule has 0 spiro atoms. The molecule has 0 amide bonds. The molecule has 0 atom stereocenters. The third-order valence-electron chi connectivity index (χ3n) is 4.51. The molecule has 0 aliphatic heterocycles. The van der Waals surface area contributed by atoms with E-state index in [2.05, 4.69) is 68.4 Å². The van der Waals surface area contributed by atoms with E-state index in [0.717, 1.165) is 56.0 Å². The van der Waals surface area contributed by atoms with Crippen molar-refractivity contribution in [3.05, 3.63) is 60.7 Å². The summed E-state index contributed by atoms with van der Waals surface area (Å²) in [5.41, 5.74) is 2.35. The lowest BCUT2D eigenvalue weighted by Crippen LogP contribution is -2.00. The van der Waals surface area contributed by atoms with Crippen LogP contribution in [0.25, 0.3) is 21.9 Å². The molecule has 0 saturated heterocycles. The Hall–Kier alpha value is -2.48. The predicted octanol–water partition coefficient (Wildman–Crippen LogP) is 6.86. The summed E-state index contributed by atoms with van der Waals surface area (Å²) >= 11 is 0. The van der Waals surface area contributed by atoms with Crippen LogP contribution in [0, 0.1) is 0 Å². The smallest absolute Gasteiger partial charge is 0.123 e. The molecule has 0 saturated carbocycles. The Morgan fingerprint density at radius 1 is 0.692 bits per heavy atom. The second-order valence-corrected chi connectivity index (χ2v) is 6.62. The maximum absolute atomic E-state index is 5.99. The summed E-state index contributed by atoms with van der Waals surface area (Å²) in [5.74, 6) is 1.77. The van der Waals surface area contributed by atoms with Gasteiger partial charge < -0.3 is 9.47 Å². The minimum Gasteiger partial charge on any atom is -0.493 e. The lowest BCUT2D eigenvalue weighted by atomic mass is 9.98. The molecule has 0 aliphatic carbocycles. The fourth-order valence-electron chi connectivity index (χ4n) is 3.04. The van der Waals surface area contributed by atoms with Crippen LogP contribution in [0.3, 0.4) is 0 Å². The van der Waals surface area contributed by atoms with Crippen molar-refractivity contribution in [2.75, 3.05) is 13.2 Å². The first-order valence-corrected chi connectivity index (χ1v) is 9.70. The molecule has 0 heterocycles. The first-order valence-electron chi connectivity index (χ1n) is 9.70. The second-order valence-electron chi connectivity index (χ2n) is 6.62. The Morgan fingerprint density at radius 2 is 1.31 bits per heavy atom. The molecule has 3 aromatic rings. The van der Waals surface area contributed by atoms with Gasteiger partial charge in [0.05, 0.1) is 13.2 Å². The Balaban J connectivity index is 1.98. The molecule has 2 nitrogen and oxygen atoms in total. The number of unbranched alkanes of at least 4 members (excludes halogenated alkanes) is 2. The standard InChI is InChI=1S/C24H28O2/c1-3-5-14-25-21-16-20(17-22(18-21)26-15-6-4-2)24-13-9-11-19-10-7-8-12-23(19)24/h7-13,16-18H,3-6,14-15H2,1-2H3. The summed E-state index contributed by atoms with van der Waals surface area (Å²) in [6.07, 6.45) is 4.38. The fourth-order valence-corrected chi connectivity index (χ4v) is 3.04. The van der Waals surface area contributed by atoms with E-state index in [4.69, 9.17) is 9.47 Å². The van der Waals surface area contributed by atoms with Gasteiger partial charge in [0.25, 0.3) is 0 Å². The molecule has 0 N–H and O–H groups in total. The molecule has 3 rings (SSSR count). The lowest BCUT2D eigenvalue weighted by Gasteiger charge is -2.14. The van der Waals surface area contributed by atoms with E-state index in [1.165, 1.54) is 16.3 Å². The van der Waals surface area contributed by atoms with Crippen LogP contribution >= 0.6 is 0 Å². The van der Waals surface area contributed by atoms with E-state index in [1.807, 2.05) is 6.07 Å². The van der Waals surface area contributed by atoms with Crippen molar-refractivity contribution >= 4 is 10.8 Å². The van der Waals surface area contributed by atoms with E-state index in [-0.39, 0.29) is 0 Å². The van der Waals surface area contributed by atoms with Crippen LogP contribution in [-0.2, 0) is 0 Å². The zero-order chi connectivity index (χ0) is 18.2. The maximum atomic E-state index is 5.99. The number of hydrogen-bond acceptors (Lipinski definition) is 2. The number of hydrogen-bond donors (Lipinski definition) is 0. The molecule has 136 valence electrons. The van der Waals surface area contributed by atoms with Gasteiger partial charge in [-0.1, -0.05) is 69.2 Å². The number of rotatable bonds is 9. The fraction of sp³-hybridized carbons (Fsp3) is 0.333. The van der Waals surface area contributed by atoms with Crippen LogP contribution in [0.5, 0.6) is 11.5 Å². The van der Waals surface area contributed by atoms with Gasteiger partial charge in [-0.05, 0) is 46.9 Å². The third-order valence-corrected chi connectivity index (χ3v) is 4.51. The van der Waals surface area contributed by atoms with Crippen molar-refractivity contribution in [1.29, 1.82) is 0 Å². The van der Waals surface area contributed by atoms with Gasteiger partial charge >= 0.3 is 0 Å². The van der Waals surface area contributed by atoms with Crippen molar-refractivity contribution in [2.45, 2.75) is 39.5 Å². The molecule has 0 fully saturated rings. The minimum atomic E-state index is 0.740. The van der Waals surface area contributed by atoms with Gasteiger partial charge in [0.1, 0.15) is 11.5 Å². The van der Waals surface area contributed by atoms with E-state index >= 15 is 0 Å². The minimum absolute atomic E-state index is 0.740. The van der Waals surface area contributed by atoms with Gasteiger partial charge in [0.15, 0.2) is 0 Å². The normalized spacial score (nSPS) is 10.8. The molecule has 26 heavy (non-hydrogen) atoms. The summed E-state index contributed by atoms with van der Waals surface area (Å²) in [5, 5.41) is 2.50. The molecule has 0 bridgehead atoms. The molecular weight excluding hydrogens is 320 g/mol. The van der Waals surface area contributed by atoms with E-state index < -0.39 is 0 Å². The predicted molar refractivity (Wildman–Crippen MR) is 110 cm³/mol. The third kappa shape index (κ3) is 4.57. The van der Waals surface area contributed by atoms with E-state index in [0.29, 0.717) is 0 Å². The van der Waals surface area contributed by atoms with Gasteiger partial charge in [0, 0.05) is 6.07 Å². The first kappa shape index (κ1) is 18.3. The van der Waals surface area contributed by atoms with Crippen LogP contribution in [0.4, 0.5) is 0 Å². The Labute approximate surface area is 156 Å². The molecule has 0 radical (unpaired) electrons. The van der Waals surface area contributed by atoms with Gasteiger partial charge in [-0.25, -0.2) is 0 Å². The Kier molecular flexibility index (Phi) is 6.54. The van der Waals surface area contributed by atoms with Crippen molar-refractivity contribution in [1.82, 2.24) is 0 Å². The maximum Gasteiger partial charge on any atom is 0.123 e. The van der Waals surface area contributed by atoms with E-state index in [1.54, 1.807) is 0 Å². The summed E-state index contributed by atoms with van der Waals surface area (Å²) in [6.45, 7) is 5.83. The average Bonchev–Trinajstić information content (AvgIpc) is 2.68. The molecule has 0 aromatic heterocycles. The molecule has 2 heteroatoms. The number of fused-ring (bicyclic) bond motifs is 1. The van der Waals surface area contributed by atoms with E-state index in [9.17, 15) is 0 Å². The number of ether oxygens (including phenoxy) is 2. The SMILES string of the molecule is CCCCOc1cc(OCCCC)cc(-c2cccc3ccccc23)c1. The Bertz CT molecular complexity index is 805. The topological polar surface area (TPSA) is 18.5 Å². The second kappa shape index (κ2) is 9.28. The van der Waals surface area contributed by atoms with Gasteiger partial charge in [0.2, 0.25) is 0 Å². The molecular formula is C24H28O2. The highest BCUT2D eigenvalue weighted by Crippen LogP contribution is 2.34. The van der Waals surface area contributed by atoms with Crippen LogP contribution < -0.4 is 9.47 Å². The van der Waals surface area contributed by atoms with Crippen molar-refractivity contribution in [3.8, 4) is 22.6 Å². The molecule has 0 unspecified atom stereocenters. The largest absolute Gasteiger partial charge is 0.493 e. The highest BCUT2D eigenvalue weighted by Gasteiger charge is 2.08. The Morgan fingerprint density at radius 3 is 1.96 bits per heavy atom. The summed E-state index contributed by atoms with van der Waals surface area (Å²) in [7, 11) is 0. The first-order chi connectivity index (χ1) is 12.8. The molecule has 0 aliphatic rings. The zero-order valence-corrected chi connectivity index (χ0v) is 15.8. The summed E-state index contributed by atoms with van der Waals surface area (Å²) in [6, 6.07) is 21.2. The monoisotopic (exact) mass is 348 g/mol. The highest BCUT2D eigenvalue weighted by molar-refractivity contribution is 5.97. The van der Waals surface area contributed by atoms with Crippen LogP contribution in [0.15, 0.2) is 60.7 Å². The molecule has 3 aromatic carbocycles. The zero-order valence-electron chi connectivity index (χ0n) is 15.8. The summed E-state index contributed by atoms with van der Waals surface area (Å²) < 4.78 is 12.0.